The highest BCUT2D eigenvalue weighted by Crippen LogP contribution is 2.26. The van der Waals surface area contributed by atoms with E-state index in [1.807, 2.05) is 0 Å². The van der Waals surface area contributed by atoms with E-state index in [1.165, 1.54) is 5.56 Å². The molecule has 1 heterocycles. The number of ether oxygens (including phenoxy) is 1. The van der Waals surface area contributed by atoms with E-state index in [9.17, 15) is 4.79 Å². The lowest BCUT2D eigenvalue weighted by molar-refractivity contribution is 0.100. The summed E-state index contributed by atoms with van der Waals surface area (Å²) in [6.07, 6.45) is 5.29. The van der Waals surface area contributed by atoms with E-state index < -0.39 is 5.91 Å². The smallest absolute Gasteiger partial charge is 0.248 e. The fraction of sp³-hybridized carbons (Fsp3) is 0.312. The Morgan fingerprint density at radius 1 is 1.38 bits per heavy atom. The molecule has 0 atom stereocenters. The number of rotatable bonds is 7. The average Bonchev–Trinajstić information content (AvgIpc) is 2.92. The van der Waals surface area contributed by atoms with E-state index in [0.29, 0.717) is 17.9 Å². The standard InChI is InChI=1S/C16H21N3O2/c1-3-7-19-8-6-12(11-19)10-18-14-9-13(16(17)20)4-5-15(14)21-2/h4-6,8-9,11,18H,3,7,10H2,1-2H3,(H2,17,20). The molecule has 2 aromatic rings. The zero-order valence-electron chi connectivity index (χ0n) is 12.4. The molecule has 1 aromatic carbocycles. The van der Waals surface area contributed by atoms with E-state index in [0.717, 1.165) is 18.7 Å². The van der Waals surface area contributed by atoms with Gasteiger partial charge in [-0.2, -0.15) is 0 Å². The van der Waals surface area contributed by atoms with Gasteiger partial charge >= 0.3 is 0 Å². The zero-order valence-corrected chi connectivity index (χ0v) is 12.4. The molecule has 1 aromatic heterocycles. The second-order valence-electron chi connectivity index (χ2n) is 4.89. The van der Waals surface area contributed by atoms with Gasteiger partial charge in [0.2, 0.25) is 5.91 Å². The molecule has 0 bridgehead atoms. The fourth-order valence-corrected chi connectivity index (χ4v) is 2.19. The molecular weight excluding hydrogens is 266 g/mol. The predicted molar refractivity (Wildman–Crippen MR) is 83.6 cm³/mol. The number of aromatic nitrogens is 1. The van der Waals surface area contributed by atoms with Gasteiger partial charge in [0.05, 0.1) is 12.8 Å². The minimum atomic E-state index is -0.449. The summed E-state index contributed by atoms with van der Waals surface area (Å²) in [6, 6.07) is 7.19. The Morgan fingerprint density at radius 2 is 2.19 bits per heavy atom. The second kappa shape index (κ2) is 6.83. The number of nitrogens with zero attached hydrogens (tertiary/aromatic N) is 1. The Bertz CT molecular complexity index is 620. The highest BCUT2D eigenvalue weighted by atomic mass is 16.5. The topological polar surface area (TPSA) is 69.3 Å². The molecule has 0 saturated carbocycles. The van der Waals surface area contributed by atoms with Crippen molar-refractivity contribution in [3.63, 3.8) is 0 Å². The maximum Gasteiger partial charge on any atom is 0.248 e. The van der Waals surface area contributed by atoms with Crippen molar-refractivity contribution < 1.29 is 9.53 Å². The van der Waals surface area contributed by atoms with Gasteiger partial charge in [-0.05, 0) is 36.2 Å². The quantitative estimate of drug-likeness (QED) is 0.822. The van der Waals surface area contributed by atoms with E-state index in [1.54, 1.807) is 25.3 Å². The molecule has 5 nitrogen and oxygen atoms in total. The van der Waals surface area contributed by atoms with Crippen LogP contribution in [-0.4, -0.2) is 17.6 Å². The first-order valence-electron chi connectivity index (χ1n) is 7.00. The van der Waals surface area contributed by atoms with Crippen molar-refractivity contribution in [2.75, 3.05) is 12.4 Å². The lowest BCUT2D eigenvalue weighted by atomic mass is 10.1. The van der Waals surface area contributed by atoms with Crippen LogP contribution in [0.15, 0.2) is 36.7 Å². The van der Waals surface area contributed by atoms with Crippen LogP contribution in [0.5, 0.6) is 5.75 Å². The van der Waals surface area contributed by atoms with E-state index in [-0.39, 0.29) is 0 Å². The summed E-state index contributed by atoms with van der Waals surface area (Å²) < 4.78 is 7.45. The number of anilines is 1. The molecule has 21 heavy (non-hydrogen) atoms. The molecule has 3 N–H and O–H groups in total. The van der Waals surface area contributed by atoms with Crippen LogP contribution in [0.2, 0.25) is 0 Å². The van der Waals surface area contributed by atoms with Gasteiger partial charge in [0, 0.05) is 31.0 Å². The molecule has 0 unspecified atom stereocenters. The summed E-state index contributed by atoms with van der Waals surface area (Å²) in [5, 5.41) is 3.29. The minimum Gasteiger partial charge on any atom is -0.495 e. The Labute approximate surface area is 124 Å². The zero-order chi connectivity index (χ0) is 15.2. The fourth-order valence-electron chi connectivity index (χ4n) is 2.19. The number of aryl methyl sites for hydroxylation is 1. The van der Waals surface area contributed by atoms with Crippen LogP contribution in [0.3, 0.4) is 0 Å². The number of nitrogens with two attached hydrogens (primary N) is 1. The molecule has 0 radical (unpaired) electrons. The molecule has 5 heteroatoms. The van der Waals surface area contributed by atoms with Crippen LogP contribution in [0, 0.1) is 0 Å². The Morgan fingerprint density at radius 3 is 2.86 bits per heavy atom. The molecule has 0 spiro atoms. The summed E-state index contributed by atoms with van der Waals surface area (Å²) in [5.41, 5.74) is 7.70. The van der Waals surface area contributed by atoms with Gasteiger partial charge in [0.1, 0.15) is 5.75 Å². The van der Waals surface area contributed by atoms with E-state index in [2.05, 4.69) is 35.3 Å². The SMILES string of the molecule is CCCn1ccc(CNc2cc(C(N)=O)ccc2OC)c1. The van der Waals surface area contributed by atoms with Gasteiger partial charge in [0.25, 0.3) is 0 Å². The van der Waals surface area contributed by atoms with Crippen LogP contribution in [0.4, 0.5) is 5.69 Å². The number of amides is 1. The normalized spacial score (nSPS) is 10.4. The highest BCUT2D eigenvalue weighted by molar-refractivity contribution is 5.94. The number of primary amides is 1. The van der Waals surface area contributed by atoms with Gasteiger partial charge < -0.3 is 20.4 Å². The lowest BCUT2D eigenvalue weighted by Crippen LogP contribution is -2.11. The lowest BCUT2D eigenvalue weighted by Gasteiger charge is -2.11. The van der Waals surface area contributed by atoms with E-state index in [4.69, 9.17) is 10.5 Å². The monoisotopic (exact) mass is 287 g/mol. The van der Waals surface area contributed by atoms with Crippen molar-refractivity contribution in [1.29, 1.82) is 0 Å². The summed E-state index contributed by atoms with van der Waals surface area (Å²) in [7, 11) is 1.60. The average molecular weight is 287 g/mol. The third-order valence-corrected chi connectivity index (χ3v) is 3.26. The van der Waals surface area contributed by atoms with Crippen LogP contribution < -0.4 is 15.8 Å². The molecule has 112 valence electrons. The Balaban J connectivity index is 2.10. The maximum atomic E-state index is 11.3. The van der Waals surface area contributed by atoms with Crippen molar-refractivity contribution >= 4 is 11.6 Å². The number of benzene rings is 1. The largest absolute Gasteiger partial charge is 0.495 e. The van der Waals surface area contributed by atoms with Gasteiger partial charge in [-0.15, -0.1) is 0 Å². The van der Waals surface area contributed by atoms with Crippen molar-refractivity contribution in [3.05, 3.63) is 47.8 Å². The number of carbonyl (C=O) groups is 1. The molecule has 0 aliphatic heterocycles. The Kier molecular flexibility index (Phi) is 4.87. The number of nitrogens with one attached hydrogen (secondary N) is 1. The van der Waals surface area contributed by atoms with Crippen LogP contribution in [-0.2, 0) is 13.1 Å². The molecule has 0 saturated heterocycles. The van der Waals surface area contributed by atoms with E-state index >= 15 is 0 Å². The summed E-state index contributed by atoms with van der Waals surface area (Å²) in [5.74, 6) is 0.239. The molecule has 1 amide bonds. The van der Waals surface area contributed by atoms with Crippen molar-refractivity contribution in [2.45, 2.75) is 26.4 Å². The van der Waals surface area contributed by atoms with Gasteiger partial charge in [-0.3, -0.25) is 4.79 Å². The predicted octanol–water partition coefficient (Wildman–Crippen LogP) is 2.62. The van der Waals surface area contributed by atoms with Gasteiger partial charge in [-0.25, -0.2) is 0 Å². The first-order chi connectivity index (χ1) is 10.1. The van der Waals surface area contributed by atoms with Crippen LogP contribution >= 0.6 is 0 Å². The van der Waals surface area contributed by atoms with Gasteiger partial charge in [-0.1, -0.05) is 6.92 Å². The highest BCUT2D eigenvalue weighted by Gasteiger charge is 2.08. The molecule has 0 aliphatic rings. The van der Waals surface area contributed by atoms with Crippen molar-refractivity contribution in [3.8, 4) is 5.75 Å². The first kappa shape index (κ1) is 15.0. The third-order valence-electron chi connectivity index (χ3n) is 3.26. The molecule has 0 aliphatic carbocycles. The van der Waals surface area contributed by atoms with Crippen LogP contribution in [0.1, 0.15) is 29.3 Å². The minimum absolute atomic E-state index is 0.449. The summed E-state index contributed by atoms with van der Waals surface area (Å²) >= 11 is 0. The number of carbonyl (C=O) groups excluding carboxylic acids is 1. The number of hydrogen-bond donors (Lipinski definition) is 2. The third kappa shape index (κ3) is 3.78. The molecule has 2 rings (SSSR count). The number of methoxy groups -OCH3 is 1. The second-order valence-corrected chi connectivity index (χ2v) is 4.89. The van der Waals surface area contributed by atoms with Crippen molar-refractivity contribution in [1.82, 2.24) is 4.57 Å². The van der Waals surface area contributed by atoms with Crippen molar-refractivity contribution in [2.24, 2.45) is 5.73 Å². The molecular formula is C16H21N3O2. The molecule has 0 fully saturated rings. The first-order valence-corrected chi connectivity index (χ1v) is 7.00. The Hall–Kier alpha value is -2.43. The maximum absolute atomic E-state index is 11.3. The van der Waals surface area contributed by atoms with Crippen LogP contribution in [0.25, 0.3) is 0 Å². The summed E-state index contributed by atoms with van der Waals surface area (Å²) in [4.78, 5) is 11.3. The number of hydrogen-bond acceptors (Lipinski definition) is 3. The summed E-state index contributed by atoms with van der Waals surface area (Å²) in [6.45, 7) is 3.83. The van der Waals surface area contributed by atoms with Gasteiger partial charge in [0.15, 0.2) is 0 Å².